The van der Waals surface area contributed by atoms with Crippen molar-refractivity contribution in [3.8, 4) is 0 Å². The lowest BCUT2D eigenvalue weighted by molar-refractivity contribution is 0.596. The highest BCUT2D eigenvalue weighted by atomic mass is 19.1. The molecule has 0 unspecified atom stereocenters. The Balaban J connectivity index is 2.44. The van der Waals surface area contributed by atoms with Gasteiger partial charge in [0, 0.05) is 31.8 Å². The average molecular weight is 151 g/mol. The van der Waals surface area contributed by atoms with E-state index in [-0.39, 0.29) is 5.83 Å². The van der Waals surface area contributed by atoms with E-state index in [1.807, 2.05) is 19.3 Å². The predicted octanol–water partition coefficient (Wildman–Crippen LogP) is 1.98. The van der Waals surface area contributed by atoms with Crippen molar-refractivity contribution in [3.05, 3.63) is 35.4 Å². The number of allylic oxidation sites excluding steroid dienone is 2. The summed E-state index contributed by atoms with van der Waals surface area (Å²) in [5.41, 5.74) is 2.37. The molecule has 0 saturated heterocycles. The molecule has 0 radical (unpaired) electrons. The van der Waals surface area contributed by atoms with Crippen molar-refractivity contribution in [1.29, 1.82) is 0 Å². The molecule has 0 amide bonds. The summed E-state index contributed by atoms with van der Waals surface area (Å²) in [5, 5.41) is 0. The Hall–Kier alpha value is -1.05. The van der Waals surface area contributed by atoms with Crippen molar-refractivity contribution in [3.63, 3.8) is 0 Å². The number of rotatable bonds is 0. The summed E-state index contributed by atoms with van der Waals surface area (Å²) in [5.74, 6) is 0.00343. The van der Waals surface area contributed by atoms with Crippen molar-refractivity contribution < 1.29 is 4.39 Å². The molecule has 1 aliphatic rings. The van der Waals surface area contributed by atoms with Crippen molar-refractivity contribution in [2.45, 2.75) is 12.8 Å². The summed E-state index contributed by atoms with van der Waals surface area (Å²) in [4.78, 5) is 0. The number of aryl methyl sites for hydroxylation is 1. The van der Waals surface area contributed by atoms with E-state index >= 15 is 0 Å². The van der Waals surface area contributed by atoms with Gasteiger partial charge < -0.3 is 4.57 Å². The Bertz CT molecular complexity index is 309. The first kappa shape index (κ1) is 6.65. The van der Waals surface area contributed by atoms with Crippen molar-refractivity contribution >= 4 is 0 Å². The number of hydrogen-bond donors (Lipinski definition) is 0. The minimum Gasteiger partial charge on any atom is -0.354 e. The summed E-state index contributed by atoms with van der Waals surface area (Å²) in [6.07, 6.45) is 4.86. The van der Waals surface area contributed by atoms with E-state index in [2.05, 4.69) is 4.57 Å². The molecule has 1 heterocycles. The maximum Gasteiger partial charge on any atom is 0.101 e. The highest BCUT2D eigenvalue weighted by molar-refractivity contribution is 5.31. The number of halogens is 1. The monoisotopic (exact) mass is 151 g/mol. The minimum atomic E-state index is 0.00343. The number of nitrogens with zero attached hydrogens (tertiary/aromatic N) is 1. The Morgan fingerprint density at radius 2 is 2.36 bits per heavy atom. The van der Waals surface area contributed by atoms with E-state index in [1.54, 1.807) is 6.08 Å². The molecule has 2 rings (SSSR count). The lowest BCUT2D eigenvalue weighted by Gasteiger charge is -2.09. The first-order valence-electron chi connectivity index (χ1n) is 3.75. The van der Waals surface area contributed by atoms with Crippen LogP contribution in [0.2, 0.25) is 0 Å². The number of fused-ring (bicyclic) bond motifs is 1. The van der Waals surface area contributed by atoms with Gasteiger partial charge in [0.15, 0.2) is 0 Å². The highest BCUT2D eigenvalue weighted by Crippen LogP contribution is 2.21. The van der Waals surface area contributed by atoms with Gasteiger partial charge in [0.25, 0.3) is 0 Å². The van der Waals surface area contributed by atoms with E-state index in [4.69, 9.17) is 0 Å². The normalized spacial score (nSPS) is 16.0. The Morgan fingerprint density at radius 3 is 3.18 bits per heavy atom. The molecule has 1 aromatic rings. The van der Waals surface area contributed by atoms with Crippen LogP contribution < -0.4 is 0 Å². The molecule has 0 spiro atoms. The molecule has 11 heavy (non-hydrogen) atoms. The smallest absolute Gasteiger partial charge is 0.101 e. The summed E-state index contributed by atoms with van der Waals surface area (Å²) in [7, 11) is 2.00. The second kappa shape index (κ2) is 2.22. The highest BCUT2D eigenvalue weighted by Gasteiger charge is 2.12. The van der Waals surface area contributed by atoms with E-state index in [1.165, 1.54) is 5.69 Å². The molecule has 0 atom stereocenters. The lowest BCUT2D eigenvalue weighted by atomic mass is 10.0. The van der Waals surface area contributed by atoms with Crippen molar-refractivity contribution in [2.24, 2.45) is 7.05 Å². The molecular weight excluding hydrogens is 141 g/mol. The fourth-order valence-electron chi connectivity index (χ4n) is 1.51. The third-order valence-corrected chi connectivity index (χ3v) is 2.17. The van der Waals surface area contributed by atoms with Gasteiger partial charge in [-0.1, -0.05) is 0 Å². The lowest BCUT2D eigenvalue weighted by Crippen LogP contribution is -2.02. The van der Waals surface area contributed by atoms with Crippen molar-refractivity contribution in [2.75, 3.05) is 0 Å². The molecule has 0 saturated carbocycles. The van der Waals surface area contributed by atoms with Crippen LogP contribution in [0.3, 0.4) is 0 Å². The molecule has 1 aliphatic carbocycles. The Morgan fingerprint density at radius 1 is 1.55 bits per heavy atom. The van der Waals surface area contributed by atoms with Crippen LogP contribution >= 0.6 is 0 Å². The average Bonchev–Trinajstić information content (AvgIpc) is 2.32. The number of aromatic nitrogens is 1. The second-order valence-corrected chi connectivity index (χ2v) is 2.93. The molecule has 2 heteroatoms. The molecular formula is C9H10FN. The van der Waals surface area contributed by atoms with Gasteiger partial charge in [-0.3, -0.25) is 0 Å². The fraction of sp³-hybridized carbons (Fsp3) is 0.333. The van der Waals surface area contributed by atoms with Gasteiger partial charge in [0.2, 0.25) is 0 Å². The fourth-order valence-corrected chi connectivity index (χ4v) is 1.51. The van der Waals surface area contributed by atoms with Crippen LogP contribution in [-0.4, -0.2) is 4.57 Å². The maximum absolute atomic E-state index is 12.7. The van der Waals surface area contributed by atoms with Gasteiger partial charge in [-0.2, -0.15) is 0 Å². The topological polar surface area (TPSA) is 4.93 Å². The van der Waals surface area contributed by atoms with Gasteiger partial charge in [-0.05, 0) is 17.7 Å². The second-order valence-electron chi connectivity index (χ2n) is 2.93. The first-order chi connectivity index (χ1) is 5.27. The maximum atomic E-state index is 12.7. The molecule has 0 N–H and O–H groups in total. The third kappa shape index (κ3) is 0.985. The molecule has 0 aromatic carbocycles. The summed E-state index contributed by atoms with van der Waals surface area (Å²) in [6, 6.07) is 1.99. The zero-order valence-electron chi connectivity index (χ0n) is 6.47. The molecule has 0 aliphatic heterocycles. The van der Waals surface area contributed by atoms with Crippen LogP contribution in [-0.2, 0) is 19.9 Å². The Kier molecular flexibility index (Phi) is 1.34. The van der Waals surface area contributed by atoms with Crippen LogP contribution in [0.4, 0.5) is 4.39 Å². The van der Waals surface area contributed by atoms with E-state index in [9.17, 15) is 4.39 Å². The third-order valence-electron chi connectivity index (χ3n) is 2.17. The first-order valence-corrected chi connectivity index (χ1v) is 3.75. The number of hydrogen-bond acceptors (Lipinski definition) is 0. The molecule has 0 bridgehead atoms. The van der Waals surface area contributed by atoms with Crippen molar-refractivity contribution in [1.82, 2.24) is 4.57 Å². The van der Waals surface area contributed by atoms with Gasteiger partial charge >= 0.3 is 0 Å². The van der Waals surface area contributed by atoms with Crippen LogP contribution in [0.5, 0.6) is 0 Å². The zero-order valence-corrected chi connectivity index (χ0v) is 6.47. The molecule has 1 nitrogen and oxygen atoms in total. The quantitative estimate of drug-likeness (QED) is 0.534. The summed E-state index contributed by atoms with van der Waals surface area (Å²) in [6.45, 7) is 0. The van der Waals surface area contributed by atoms with E-state index < -0.39 is 0 Å². The zero-order chi connectivity index (χ0) is 7.84. The van der Waals surface area contributed by atoms with Crippen LogP contribution in [0.25, 0.3) is 0 Å². The van der Waals surface area contributed by atoms with E-state index in [0.29, 0.717) is 6.42 Å². The van der Waals surface area contributed by atoms with Gasteiger partial charge in [-0.15, -0.1) is 0 Å². The predicted molar refractivity (Wildman–Crippen MR) is 42.0 cm³/mol. The molecule has 58 valence electrons. The largest absolute Gasteiger partial charge is 0.354 e. The molecule has 0 fully saturated rings. The van der Waals surface area contributed by atoms with Crippen LogP contribution in [0.1, 0.15) is 11.3 Å². The molecule has 1 aromatic heterocycles. The van der Waals surface area contributed by atoms with Crippen LogP contribution in [0, 0.1) is 0 Å². The van der Waals surface area contributed by atoms with E-state index in [0.717, 1.165) is 12.0 Å². The van der Waals surface area contributed by atoms with Crippen LogP contribution in [0.15, 0.2) is 24.2 Å². The van der Waals surface area contributed by atoms with Gasteiger partial charge in [0.05, 0.1) is 0 Å². The minimum absolute atomic E-state index is 0.00343. The Labute approximate surface area is 65.1 Å². The van der Waals surface area contributed by atoms with Gasteiger partial charge in [0.1, 0.15) is 5.83 Å². The summed E-state index contributed by atoms with van der Waals surface area (Å²) >= 11 is 0. The standard InChI is InChI=1S/C9H10FN/c1-11-5-4-7-6-8(10)2-3-9(7)11/h2,4-5H,3,6H2,1H3. The van der Waals surface area contributed by atoms with Gasteiger partial charge in [-0.25, -0.2) is 4.39 Å². The summed E-state index contributed by atoms with van der Waals surface area (Å²) < 4.78 is 14.8. The SMILES string of the molecule is Cn1ccc2c1CC=C(F)C2.